The lowest BCUT2D eigenvalue weighted by Gasteiger charge is -2.27. The van der Waals surface area contributed by atoms with Crippen molar-refractivity contribution < 1.29 is 4.74 Å². The summed E-state index contributed by atoms with van der Waals surface area (Å²) in [5.41, 5.74) is 2.44. The lowest BCUT2D eigenvalue weighted by Crippen LogP contribution is -2.43. The van der Waals surface area contributed by atoms with E-state index in [0.717, 1.165) is 37.6 Å². The Kier molecular flexibility index (Phi) is 6.26. The zero-order valence-electron chi connectivity index (χ0n) is 13.7. The smallest absolute Gasteiger partial charge is 0.0766 e. The second-order valence-corrected chi connectivity index (χ2v) is 6.53. The number of rotatable bonds is 9. The van der Waals surface area contributed by atoms with Crippen LogP contribution in [-0.4, -0.2) is 35.6 Å². The highest BCUT2D eigenvalue weighted by Crippen LogP contribution is 2.37. The first-order valence-corrected chi connectivity index (χ1v) is 8.98. The molecule has 0 bridgehead atoms. The van der Waals surface area contributed by atoms with Crippen LogP contribution in [0.4, 0.5) is 0 Å². The summed E-state index contributed by atoms with van der Waals surface area (Å²) in [6.07, 6.45) is 4.84. The number of nitrogens with one attached hydrogen (secondary N) is 1. The van der Waals surface area contributed by atoms with Gasteiger partial charge in [0.2, 0.25) is 0 Å². The number of aryl methyl sites for hydroxylation is 2. The van der Waals surface area contributed by atoms with Crippen molar-refractivity contribution in [1.82, 2.24) is 15.1 Å². The van der Waals surface area contributed by atoms with Crippen LogP contribution in [-0.2, 0) is 24.1 Å². The summed E-state index contributed by atoms with van der Waals surface area (Å²) in [6.45, 7) is 8.08. The molecule has 1 aliphatic rings. The molecule has 2 unspecified atom stereocenters. The van der Waals surface area contributed by atoms with E-state index in [-0.39, 0.29) is 0 Å². The third-order valence-corrected chi connectivity index (χ3v) is 5.24. The van der Waals surface area contributed by atoms with Gasteiger partial charge in [-0.3, -0.25) is 4.68 Å². The summed E-state index contributed by atoms with van der Waals surface area (Å²) < 4.78 is 9.34. The number of hydrogen-bond donors (Lipinski definition) is 1. The fourth-order valence-corrected chi connectivity index (χ4v) is 3.73. The second kappa shape index (κ2) is 7.75. The van der Waals surface area contributed by atoms with Gasteiger partial charge >= 0.3 is 0 Å². The van der Waals surface area contributed by atoms with Crippen molar-refractivity contribution in [2.24, 2.45) is 5.92 Å². The van der Waals surface area contributed by atoms with Gasteiger partial charge < -0.3 is 10.1 Å². The zero-order chi connectivity index (χ0) is 15.4. The third-order valence-electron chi connectivity index (χ3n) is 4.32. The SMILES string of the molecule is CCOC(C1CC1)C(Cc1c(Br)c(CC)nn1CC)NC. The molecule has 5 heteroatoms. The summed E-state index contributed by atoms with van der Waals surface area (Å²) in [4.78, 5) is 0. The lowest BCUT2D eigenvalue weighted by atomic mass is 10.0. The summed E-state index contributed by atoms with van der Waals surface area (Å²) in [5, 5.41) is 8.18. The first kappa shape index (κ1) is 17.0. The molecule has 2 atom stereocenters. The Morgan fingerprint density at radius 1 is 1.38 bits per heavy atom. The predicted octanol–water partition coefficient (Wildman–Crippen LogP) is 3.17. The Morgan fingerprint density at radius 3 is 2.57 bits per heavy atom. The Hall–Kier alpha value is -0.390. The van der Waals surface area contributed by atoms with Gasteiger partial charge in [-0.05, 0) is 62.0 Å². The maximum absolute atomic E-state index is 6.03. The van der Waals surface area contributed by atoms with E-state index in [2.05, 4.69) is 46.7 Å². The molecule has 0 aliphatic heterocycles. The summed E-state index contributed by atoms with van der Waals surface area (Å²) in [6, 6.07) is 0.348. The largest absolute Gasteiger partial charge is 0.377 e. The monoisotopic (exact) mass is 357 g/mol. The molecule has 0 amide bonds. The van der Waals surface area contributed by atoms with Crippen LogP contribution in [0, 0.1) is 5.92 Å². The molecule has 21 heavy (non-hydrogen) atoms. The first-order chi connectivity index (χ1) is 10.2. The second-order valence-electron chi connectivity index (χ2n) is 5.73. The van der Waals surface area contributed by atoms with Crippen LogP contribution in [0.3, 0.4) is 0 Å². The topological polar surface area (TPSA) is 39.1 Å². The molecule has 0 radical (unpaired) electrons. The van der Waals surface area contributed by atoms with E-state index in [4.69, 9.17) is 9.84 Å². The molecule has 2 rings (SSSR count). The van der Waals surface area contributed by atoms with Gasteiger partial charge in [-0.25, -0.2) is 0 Å². The van der Waals surface area contributed by atoms with E-state index in [0.29, 0.717) is 12.1 Å². The summed E-state index contributed by atoms with van der Waals surface area (Å²) >= 11 is 3.75. The molecule has 1 aliphatic carbocycles. The van der Waals surface area contributed by atoms with Crippen molar-refractivity contribution in [3.05, 3.63) is 15.9 Å². The highest BCUT2D eigenvalue weighted by Gasteiger charge is 2.37. The molecule has 4 nitrogen and oxygen atoms in total. The quantitative estimate of drug-likeness (QED) is 0.737. The van der Waals surface area contributed by atoms with Crippen LogP contribution >= 0.6 is 15.9 Å². The Morgan fingerprint density at radius 2 is 2.10 bits per heavy atom. The molecule has 0 saturated heterocycles. The molecule has 0 spiro atoms. The van der Waals surface area contributed by atoms with Gasteiger partial charge in [0.15, 0.2) is 0 Å². The molecule has 1 N–H and O–H groups in total. The molecular formula is C16H28BrN3O. The Bertz CT molecular complexity index is 457. The number of hydrogen-bond acceptors (Lipinski definition) is 3. The zero-order valence-corrected chi connectivity index (χ0v) is 15.2. The van der Waals surface area contributed by atoms with Crippen LogP contribution in [0.15, 0.2) is 4.47 Å². The normalized spacial score (nSPS) is 18.0. The van der Waals surface area contributed by atoms with Crippen molar-refractivity contribution in [1.29, 1.82) is 0 Å². The van der Waals surface area contributed by atoms with Crippen molar-refractivity contribution >= 4 is 15.9 Å². The van der Waals surface area contributed by atoms with Gasteiger partial charge in [0.05, 0.1) is 22.0 Å². The van der Waals surface area contributed by atoms with Crippen molar-refractivity contribution in [2.75, 3.05) is 13.7 Å². The van der Waals surface area contributed by atoms with E-state index in [9.17, 15) is 0 Å². The molecule has 1 heterocycles. The first-order valence-electron chi connectivity index (χ1n) is 8.19. The summed E-state index contributed by atoms with van der Waals surface area (Å²) in [7, 11) is 2.04. The average Bonchev–Trinajstić information content (AvgIpc) is 3.28. The maximum atomic E-state index is 6.03. The van der Waals surface area contributed by atoms with E-state index >= 15 is 0 Å². The minimum Gasteiger partial charge on any atom is -0.377 e. The average molecular weight is 358 g/mol. The van der Waals surface area contributed by atoms with Gasteiger partial charge in [0.25, 0.3) is 0 Å². The van der Waals surface area contributed by atoms with E-state index in [1.807, 2.05) is 7.05 Å². The Labute approximate surface area is 136 Å². The maximum Gasteiger partial charge on any atom is 0.0766 e. The summed E-state index contributed by atoms with van der Waals surface area (Å²) in [5.74, 6) is 0.727. The number of ether oxygens (including phenoxy) is 1. The standard InChI is InChI=1S/C16H28BrN3O/c1-5-12-15(17)14(20(6-2)19-12)10-13(18-4)16(21-7-3)11-8-9-11/h11,13,16,18H,5-10H2,1-4H3. The number of nitrogens with zero attached hydrogens (tertiary/aromatic N) is 2. The highest BCUT2D eigenvalue weighted by molar-refractivity contribution is 9.10. The lowest BCUT2D eigenvalue weighted by molar-refractivity contribution is 0.0206. The third kappa shape index (κ3) is 3.88. The number of aromatic nitrogens is 2. The van der Waals surface area contributed by atoms with Gasteiger partial charge in [-0.2, -0.15) is 5.10 Å². The molecule has 1 aromatic heterocycles. The van der Waals surface area contributed by atoms with E-state index in [1.54, 1.807) is 0 Å². The fraction of sp³-hybridized carbons (Fsp3) is 0.812. The van der Waals surface area contributed by atoms with Crippen LogP contribution in [0.1, 0.15) is 45.0 Å². The van der Waals surface area contributed by atoms with Crippen molar-refractivity contribution in [2.45, 2.75) is 65.1 Å². The van der Waals surface area contributed by atoms with Crippen LogP contribution in [0.2, 0.25) is 0 Å². The van der Waals surface area contributed by atoms with Gasteiger partial charge in [-0.15, -0.1) is 0 Å². The van der Waals surface area contributed by atoms with E-state index in [1.165, 1.54) is 23.0 Å². The van der Waals surface area contributed by atoms with Crippen molar-refractivity contribution in [3.8, 4) is 0 Å². The molecule has 120 valence electrons. The molecule has 1 saturated carbocycles. The highest BCUT2D eigenvalue weighted by atomic mass is 79.9. The number of likely N-dealkylation sites (N-methyl/N-ethyl adjacent to an activating group) is 1. The van der Waals surface area contributed by atoms with Crippen LogP contribution < -0.4 is 5.32 Å². The van der Waals surface area contributed by atoms with Gasteiger partial charge in [0, 0.05) is 25.6 Å². The molecule has 1 aromatic rings. The van der Waals surface area contributed by atoms with Gasteiger partial charge in [0.1, 0.15) is 0 Å². The van der Waals surface area contributed by atoms with Crippen LogP contribution in [0.25, 0.3) is 0 Å². The molecule has 0 aromatic carbocycles. The number of halogens is 1. The Balaban J connectivity index is 2.19. The van der Waals surface area contributed by atoms with Gasteiger partial charge in [-0.1, -0.05) is 6.92 Å². The van der Waals surface area contributed by atoms with Crippen LogP contribution in [0.5, 0.6) is 0 Å². The minimum atomic E-state index is 0.317. The minimum absolute atomic E-state index is 0.317. The molecular weight excluding hydrogens is 330 g/mol. The fourth-order valence-electron chi connectivity index (χ4n) is 3.00. The predicted molar refractivity (Wildman–Crippen MR) is 89.7 cm³/mol. The molecule has 1 fully saturated rings. The van der Waals surface area contributed by atoms with E-state index < -0.39 is 0 Å². The van der Waals surface area contributed by atoms with Crippen molar-refractivity contribution in [3.63, 3.8) is 0 Å².